The number of ether oxygens (including phenoxy) is 1. The van der Waals surface area contributed by atoms with E-state index in [2.05, 4.69) is 11.4 Å². The minimum atomic E-state index is -0.234. The first-order valence-electron chi connectivity index (χ1n) is 5.32. The first-order valence-corrected chi connectivity index (χ1v) is 5.70. The zero-order valence-corrected chi connectivity index (χ0v) is 10.5. The Morgan fingerprint density at radius 2 is 2.17 bits per heavy atom. The van der Waals surface area contributed by atoms with Crippen LogP contribution in [0.15, 0.2) is 42.5 Å². The SMILES string of the molecule is COc1ccc(C(=O)Nc2[c]cccc2)cc1Cl. The molecule has 0 aliphatic rings. The van der Waals surface area contributed by atoms with Crippen LogP contribution in [0.4, 0.5) is 5.69 Å². The summed E-state index contributed by atoms with van der Waals surface area (Å²) in [6.45, 7) is 0. The number of para-hydroxylation sites is 1. The van der Waals surface area contributed by atoms with Crippen LogP contribution in [-0.2, 0) is 0 Å². The van der Waals surface area contributed by atoms with Crippen molar-refractivity contribution < 1.29 is 9.53 Å². The van der Waals surface area contributed by atoms with E-state index in [4.69, 9.17) is 16.3 Å². The predicted octanol–water partition coefficient (Wildman–Crippen LogP) is 3.40. The molecule has 0 saturated carbocycles. The standard InChI is InChI=1S/C14H11ClNO2/c1-18-13-8-7-10(9-12(13)15)14(17)16-11-5-3-2-4-6-11/h2-5,7-9H,1H3,(H,16,17). The molecule has 2 aromatic rings. The van der Waals surface area contributed by atoms with Gasteiger partial charge >= 0.3 is 0 Å². The van der Waals surface area contributed by atoms with Gasteiger partial charge in [-0.1, -0.05) is 29.8 Å². The first-order chi connectivity index (χ1) is 8.70. The van der Waals surface area contributed by atoms with Gasteiger partial charge in [-0.05, 0) is 24.3 Å². The third-order valence-electron chi connectivity index (χ3n) is 2.37. The van der Waals surface area contributed by atoms with Crippen LogP contribution in [0.5, 0.6) is 5.75 Å². The Kier molecular flexibility index (Phi) is 3.85. The lowest BCUT2D eigenvalue weighted by molar-refractivity contribution is 0.102. The van der Waals surface area contributed by atoms with Gasteiger partial charge in [0.2, 0.25) is 0 Å². The number of hydrogen-bond donors (Lipinski definition) is 1. The minimum Gasteiger partial charge on any atom is -0.495 e. The Morgan fingerprint density at radius 3 is 2.78 bits per heavy atom. The number of hydrogen-bond acceptors (Lipinski definition) is 2. The van der Waals surface area contributed by atoms with Crippen molar-refractivity contribution in [3.63, 3.8) is 0 Å². The molecule has 0 saturated heterocycles. The Balaban J connectivity index is 2.17. The molecule has 1 radical (unpaired) electrons. The van der Waals surface area contributed by atoms with Crippen LogP contribution in [0.1, 0.15) is 10.4 Å². The molecule has 0 heterocycles. The lowest BCUT2D eigenvalue weighted by Gasteiger charge is -2.07. The topological polar surface area (TPSA) is 38.3 Å². The normalized spacial score (nSPS) is 9.89. The van der Waals surface area contributed by atoms with Gasteiger partial charge in [-0.25, -0.2) is 0 Å². The van der Waals surface area contributed by atoms with Crippen LogP contribution in [-0.4, -0.2) is 13.0 Å². The molecule has 91 valence electrons. The molecule has 3 nitrogen and oxygen atoms in total. The molecule has 2 rings (SSSR count). The fraction of sp³-hybridized carbons (Fsp3) is 0.0714. The van der Waals surface area contributed by atoms with Crippen molar-refractivity contribution in [1.82, 2.24) is 0 Å². The average molecular weight is 261 g/mol. The smallest absolute Gasteiger partial charge is 0.255 e. The summed E-state index contributed by atoms with van der Waals surface area (Å²) in [6.07, 6.45) is 0. The molecule has 0 atom stereocenters. The maximum Gasteiger partial charge on any atom is 0.255 e. The van der Waals surface area contributed by atoms with Crippen LogP contribution in [0.3, 0.4) is 0 Å². The highest BCUT2D eigenvalue weighted by Gasteiger charge is 2.09. The van der Waals surface area contributed by atoms with Crippen LogP contribution in [0.25, 0.3) is 0 Å². The van der Waals surface area contributed by atoms with Gasteiger partial charge in [-0.2, -0.15) is 0 Å². The molecule has 0 bridgehead atoms. The number of amides is 1. The average Bonchev–Trinajstić information content (AvgIpc) is 2.39. The molecule has 0 aromatic heterocycles. The van der Waals surface area contributed by atoms with Crippen molar-refractivity contribution in [2.45, 2.75) is 0 Å². The van der Waals surface area contributed by atoms with Crippen molar-refractivity contribution in [3.05, 3.63) is 59.1 Å². The number of rotatable bonds is 3. The monoisotopic (exact) mass is 260 g/mol. The van der Waals surface area contributed by atoms with E-state index < -0.39 is 0 Å². The van der Waals surface area contributed by atoms with Gasteiger partial charge in [-0.3, -0.25) is 4.79 Å². The zero-order chi connectivity index (χ0) is 13.0. The molecule has 4 heteroatoms. The van der Waals surface area contributed by atoms with E-state index in [1.807, 2.05) is 12.1 Å². The largest absolute Gasteiger partial charge is 0.495 e. The molecule has 0 fully saturated rings. The van der Waals surface area contributed by atoms with E-state index in [0.29, 0.717) is 22.0 Å². The van der Waals surface area contributed by atoms with Crippen LogP contribution in [0, 0.1) is 6.07 Å². The van der Waals surface area contributed by atoms with Crippen molar-refractivity contribution in [2.75, 3.05) is 12.4 Å². The molecular weight excluding hydrogens is 250 g/mol. The number of benzene rings is 2. The van der Waals surface area contributed by atoms with Gasteiger partial charge in [-0.15, -0.1) is 0 Å². The summed E-state index contributed by atoms with van der Waals surface area (Å²) >= 11 is 5.96. The predicted molar refractivity (Wildman–Crippen MR) is 71.2 cm³/mol. The minimum absolute atomic E-state index is 0.234. The number of anilines is 1. The van der Waals surface area contributed by atoms with Crippen molar-refractivity contribution in [2.24, 2.45) is 0 Å². The maximum atomic E-state index is 11.9. The van der Waals surface area contributed by atoms with Gasteiger partial charge in [0.25, 0.3) is 5.91 Å². The number of carbonyl (C=O) groups is 1. The van der Waals surface area contributed by atoms with E-state index in [1.54, 1.807) is 30.3 Å². The van der Waals surface area contributed by atoms with Crippen LogP contribution < -0.4 is 10.1 Å². The van der Waals surface area contributed by atoms with Gasteiger partial charge in [0.15, 0.2) is 0 Å². The Hall–Kier alpha value is -2.00. The summed E-state index contributed by atoms with van der Waals surface area (Å²) in [5.41, 5.74) is 1.09. The highest BCUT2D eigenvalue weighted by molar-refractivity contribution is 6.32. The van der Waals surface area contributed by atoms with E-state index in [1.165, 1.54) is 7.11 Å². The maximum absolute atomic E-state index is 11.9. The van der Waals surface area contributed by atoms with Crippen molar-refractivity contribution in [1.29, 1.82) is 0 Å². The summed E-state index contributed by atoms with van der Waals surface area (Å²) in [5.74, 6) is 0.307. The molecule has 0 spiro atoms. The molecule has 0 unspecified atom stereocenters. The molecular formula is C14H11ClNO2. The number of carbonyl (C=O) groups excluding carboxylic acids is 1. The summed E-state index contributed by atoms with van der Waals surface area (Å²) < 4.78 is 5.03. The third kappa shape index (κ3) is 2.81. The number of methoxy groups -OCH3 is 1. The fourth-order valence-corrected chi connectivity index (χ4v) is 1.73. The van der Waals surface area contributed by atoms with Crippen LogP contribution in [0.2, 0.25) is 5.02 Å². The Labute approximate surface area is 110 Å². The number of halogens is 1. The van der Waals surface area contributed by atoms with Gasteiger partial charge < -0.3 is 10.1 Å². The molecule has 1 amide bonds. The van der Waals surface area contributed by atoms with Crippen molar-refractivity contribution >= 4 is 23.2 Å². The second-order valence-electron chi connectivity index (χ2n) is 3.58. The molecule has 0 aliphatic carbocycles. The zero-order valence-electron chi connectivity index (χ0n) is 9.74. The van der Waals surface area contributed by atoms with Gasteiger partial charge in [0.1, 0.15) is 5.75 Å². The van der Waals surface area contributed by atoms with E-state index >= 15 is 0 Å². The first kappa shape index (κ1) is 12.5. The Bertz CT molecular complexity index is 555. The molecule has 18 heavy (non-hydrogen) atoms. The third-order valence-corrected chi connectivity index (χ3v) is 2.67. The van der Waals surface area contributed by atoms with Gasteiger partial charge in [0.05, 0.1) is 12.1 Å². The fourth-order valence-electron chi connectivity index (χ4n) is 1.47. The van der Waals surface area contributed by atoms with E-state index in [9.17, 15) is 4.79 Å². The van der Waals surface area contributed by atoms with Crippen molar-refractivity contribution in [3.8, 4) is 5.75 Å². The summed E-state index contributed by atoms with van der Waals surface area (Å²) in [7, 11) is 1.53. The van der Waals surface area contributed by atoms with E-state index in [-0.39, 0.29) is 5.91 Å². The molecule has 0 aliphatic heterocycles. The number of nitrogens with one attached hydrogen (secondary N) is 1. The lowest BCUT2D eigenvalue weighted by Crippen LogP contribution is -2.11. The second kappa shape index (κ2) is 5.56. The quantitative estimate of drug-likeness (QED) is 0.919. The highest BCUT2D eigenvalue weighted by Crippen LogP contribution is 2.25. The second-order valence-corrected chi connectivity index (χ2v) is 3.99. The Morgan fingerprint density at radius 1 is 1.33 bits per heavy atom. The summed E-state index contributed by atoms with van der Waals surface area (Å²) in [5, 5.41) is 3.13. The lowest BCUT2D eigenvalue weighted by atomic mass is 10.2. The van der Waals surface area contributed by atoms with Gasteiger partial charge in [0, 0.05) is 17.3 Å². The highest BCUT2D eigenvalue weighted by atomic mass is 35.5. The summed E-state index contributed by atoms with van der Waals surface area (Å²) in [6, 6.07) is 15.0. The molecule has 1 N–H and O–H groups in total. The van der Waals surface area contributed by atoms with Crippen LogP contribution >= 0.6 is 11.6 Å². The van der Waals surface area contributed by atoms with E-state index in [0.717, 1.165) is 0 Å². The summed E-state index contributed by atoms with van der Waals surface area (Å²) in [4.78, 5) is 11.9. The molecule has 2 aromatic carbocycles.